The zero-order valence-corrected chi connectivity index (χ0v) is 17.3. The van der Waals surface area contributed by atoms with Gasteiger partial charge in [-0.1, -0.05) is 54.6 Å². The molecule has 1 N–H and O–H groups in total. The van der Waals surface area contributed by atoms with Crippen LogP contribution in [0.4, 0.5) is 5.69 Å². The molecule has 6 rings (SSSR count). The SMILES string of the molecule is CC1=C[C@@]2(Nc3cc(-c4ccccc4)ccc3O2)c2c(C)nn(-c3ccccc3)c2O1. The molecule has 0 radical (unpaired) electrons. The van der Waals surface area contributed by atoms with Gasteiger partial charge < -0.3 is 14.8 Å². The highest BCUT2D eigenvalue weighted by molar-refractivity contribution is 5.75. The number of nitrogens with zero attached hydrogens (tertiary/aromatic N) is 2. The number of aromatic nitrogens is 2. The van der Waals surface area contributed by atoms with Gasteiger partial charge in [0.2, 0.25) is 11.6 Å². The molecule has 0 saturated carbocycles. The summed E-state index contributed by atoms with van der Waals surface area (Å²) in [5.74, 6) is 2.24. The normalized spacial score (nSPS) is 18.5. The van der Waals surface area contributed by atoms with Crippen molar-refractivity contribution in [2.24, 2.45) is 0 Å². The Kier molecular flexibility index (Phi) is 3.74. The molecular weight excluding hydrogens is 386 g/mol. The largest absolute Gasteiger partial charge is 0.458 e. The third kappa shape index (κ3) is 2.74. The van der Waals surface area contributed by atoms with Crippen molar-refractivity contribution in [3.8, 4) is 28.4 Å². The summed E-state index contributed by atoms with van der Waals surface area (Å²) in [6.07, 6.45) is 1.99. The van der Waals surface area contributed by atoms with Crippen LogP contribution in [0.5, 0.6) is 11.6 Å². The second-order valence-corrected chi connectivity index (χ2v) is 7.91. The van der Waals surface area contributed by atoms with E-state index in [0.29, 0.717) is 5.88 Å². The molecule has 1 atom stereocenters. The number of allylic oxidation sites excluding steroid dienone is 1. The Morgan fingerprint density at radius 3 is 2.39 bits per heavy atom. The lowest BCUT2D eigenvalue weighted by Crippen LogP contribution is -2.38. The molecule has 3 heterocycles. The van der Waals surface area contributed by atoms with Crippen molar-refractivity contribution in [1.82, 2.24) is 9.78 Å². The van der Waals surface area contributed by atoms with Crippen molar-refractivity contribution in [2.45, 2.75) is 19.6 Å². The number of benzene rings is 3. The third-order valence-electron chi connectivity index (χ3n) is 5.73. The van der Waals surface area contributed by atoms with Crippen LogP contribution in [0.2, 0.25) is 0 Å². The third-order valence-corrected chi connectivity index (χ3v) is 5.73. The predicted molar refractivity (Wildman–Crippen MR) is 120 cm³/mol. The number of nitrogens with one attached hydrogen (secondary N) is 1. The minimum Gasteiger partial charge on any atom is -0.458 e. The number of fused-ring (bicyclic) bond motifs is 3. The van der Waals surface area contributed by atoms with E-state index >= 15 is 0 Å². The molecule has 1 aromatic heterocycles. The summed E-state index contributed by atoms with van der Waals surface area (Å²) in [4.78, 5) is 0. The second kappa shape index (κ2) is 6.51. The first-order valence-electron chi connectivity index (χ1n) is 10.3. The van der Waals surface area contributed by atoms with Crippen molar-refractivity contribution in [3.63, 3.8) is 0 Å². The fourth-order valence-electron chi connectivity index (χ4n) is 4.42. The van der Waals surface area contributed by atoms with Crippen LogP contribution in [-0.2, 0) is 5.72 Å². The number of rotatable bonds is 2. The Balaban J connectivity index is 1.46. The standard InChI is InChI=1S/C26H21N3O2/c1-17-16-26(24-18(2)28-29(25(24)30-17)21-11-7-4-8-12-21)27-22-15-20(13-14-23(22)31-26)19-9-5-3-6-10-19/h3-16,27H,1-2H3/t26-/m0/s1. The maximum absolute atomic E-state index is 6.53. The Morgan fingerprint density at radius 2 is 1.61 bits per heavy atom. The first-order valence-corrected chi connectivity index (χ1v) is 10.3. The molecule has 0 amide bonds. The summed E-state index contributed by atoms with van der Waals surface area (Å²) in [6, 6.07) is 26.6. The van der Waals surface area contributed by atoms with E-state index in [1.54, 1.807) is 0 Å². The minimum absolute atomic E-state index is 0.673. The topological polar surface area (TPSA) is 48.3 Å². The van der Waals surface area contributed by atoms with Gasteiger partial charge in [0.25, 0.3) is 0 Å². The Hall–Kier alpha value is -3.99. The van der Waals surface area contributed by atoms with Crippen LogP contribution in [-0.4, -0.2) is 9.78 Å². The monoisotopic (exact) mass is 407 g/mol. The van der Waals surface area contributed by atoms with Crippen LogP contribution in [0.25, 0.3) is 16.8 Å². The average Bonchev–Trinajstić information content (AvgIpc) is 3.31. The molecule has 0 bridgehead atoms. The Bertz CT molecular complexity index is 1330. The van der Waals surface area contributed by atoms with Gasteiger partial charge in [-0.15, -0.1) is 0 Å². The Morgan fingerprint density at radius 1 is 0.871 bits per heavy atom. The minimum atomic E-state index is -0.855. The highest BCUT2D eigenvalue weighted by Crippen LogP contribution is 2.50. The number of hydrogen-bond acceptors (Lipinski definition) is 4. The summed E-state index contributed by atoms with van der Waals surface area (Å²) in [5.41, 5.74) is 5.08. The van der Waals surface area contributed by atoms with Gasteiger partial charge in [0, 0.05) is 6.08 Å². The fourth-order valence-corrected chi connectivity index (χ4v) is 4.42. The molecule has 1 spiro atoms. The lowest BCUT2D eigenvalue weighted by molar-refractivity contribution is 0.153. The average molecular weight is 407 g/mol. The van der Waals surface area contributed by atoms with E-state index in [2.05, 4.69) is 29.6 Å². The van der Waals surface area contributed by atoms with Crippen molar-refractivity contribution in [1.29, 1.82) is 0 Å². The molecule has 4 aromatic rings. The van der Waals surface area contributed by atoms with E-state index in [9.17, 15) is 0 Å². The van der Waals surface area contributed by atoms with Gasteiger partial charge in [-0.25, -0.2) is 4.68 Å². The van der Waals surface area contributed by atoms with Crippen LogP contribution < -0.4 is 14.8 Å². The molecule has 0 fully saturated rings. The maximum Gasteiger partial charge on any atom is 0.237 e. The van der Waals surface area contributed by atoms with Gasteiger partial charge in [-0.05, 0) is 49.2 Å². The van der Waals surface area contributed by atoms with Crippen LogP contribution in [0.3, 0.4) is 0 Å². The van der Waals surface area contributed by atoms with Gasteiger partial charge in [0.15, 0.2) is 0 Å². The predicted octanol–water partition coefficient (Wildman–Crippen LogP) is 5.80. The molecule has 152 valence electrons. The summed E-state index contributed by atoms with van der Waals surface area (Å²) in [5, 5.41) is 8.40. The van der Waals surface area contributed by atoms with Gasteiger partial charge in [-0.3, -0.25) is 0 Å². The summed E-state index contributed by atoms with van der Waals surface area (Å²) in [7, 11) is 0. The van der Waals surface area contributed by atoms with Crippen LogP contribution in [0, 0.1) is 6.92 Å². The first kappa shape index (κ1) is 17.8. The summed E-state index contributed by atoms with van der Waals surface area (Å²) < 4.78 is 14.5. The lowest BCUT2D eigenvalue weighted by atomic mass is 10.00. The van der Waals surface area contributed by atoms with Crippen LogP contribution in [0.15, 0.2) is 90.7 Å². The smallest absolute Gasteiger partial charge is 0.237 e. The highest BCUT2D eigenvalue weighted by atomic mass is 16.5. The molecule has 5 heteroatoms. The quantitative estimate of drug-likeness (QED) is 0.456. The van der Waals surface area contributed by atoms with Crippen LogP contribution in [0.1, 0.15) is 18.2 Å². The molecule has 31 heavy (non-hydrogen) atoms. The fraction of sp³-hybridized carbons (Fsp3) is 0.115. The van der Waals surface area contributed by atoms with Gasteiger partial charge >= 0.3 is 0 Å². The summed E-state index contributed by atoms with van der Waals surface area (Å²) >= 11 is 0. The zero-order chi connectivity index (χ0) is 21.0. The number of anilines is 1. The van der Waals surface area contributed by atoms with Crippen LogP contribution >= 0.6 is 0 Å². The Labute approximate surface area is 180 Å². The van der Waals surface area contributed by atoms with E-state index in [0.717, 1.165) is 39.7 Å². The van der Waals surface area contributed by atoms with Crippen molar-refractivity contribution in [2.75, 3.05) is 5.32 Å². The van der Waals surface area contributed by atoms with E-state index in [1.807, 2.05) is 79.2 Å². The van der Waals surface area contributed by atoms with Crippen molar-refractivity contribution < 1.29 is 9.47 Å². The lowest BCUT2D eigenvalue weighted by Gasteiger charge is -2.31. The molecule has 2 aliphatic heterocycles. The summed E-state index contributed by atoms with van der Waals surface area (Å²) in [6.45, 7) is 3.92. The second-order valence-electron chi connectivity index (χ2n) is 7.91. The van der Waals surface area contributed by atoms with E-state index in [1.165, 1.54) is 5.56 Å². The van der Waals surface area contributed by atoms with E-state index in [4.69, 9.17) is 14.6 Å². The first-order chi connectivity index (χ1) is 15.1. The molecule has 0 unspecified atom stereocenters. The number of aryl methyl sites for hydroxylation is 1. The van der Waals surface area contributed by atoms with Crippen molar-refractivity contribution >= 4 is 5.69 Å². The van der Waals surface area contributed by atoms with Crippen molar-refractivity contribution in [3.05, 3.63) is 102 Å². The number of hydrogen-bond donors (Lipinski definition) is 1. The number of ether oxygens (including phenoxy) is 2. The van der Waals surface area contributed by atoms with Gasteiger partial charge in [0.05, 0.1) is 17.1 Å². The number of para-hydroxylation sites is 1. The zero-order valence-electron chi connectivity index (χ0n) is 17.3. The highest BCUT2D eigenvalue weighted by Gasteiger charge is 2.47. The van der Waals surface area contributed by atoms with E-state index < -0.39 is 5.72 Å². The molecular formula is C26H21N3O2. The molecule has 2 aliphatic rings. The molecule has 0 aliphatic carbocycles. The molecule has 5 nitrogen and oxygen atoms in total. The molecule has 0 saturated heterocycles. The maximum atomic E-state index is 6.53. The molecule has 3 aromatic carbocycles. The van der Waals surface area contributed by atoms with Gasteiger partial charge in [-0.2, -0.15) is 5.10 Å². The van der Waals surface area contributed by atoms with E-state index in [-0.39, 0.29) is 0 Å². The van der Waals surface area contributed by atoms with Gasteiger partial charge in [0.1, 0.15) is 17.1 Å².